The first-order valence-electron chi connectivity index (χ1n) is 29.1. The SMILES string of the molecule is CCCCCCCCCCCCCCCCCC[N+](C)(CCCCC[N+](C)(CCCCCCCCCCCCCCCCCC)[C@@H](COC(C)(C)C)C(=O)OC)[C@@H](COC(C)(C)C)C(=O)OC.[I-].[I-]. The first-order chi connectivity index (χ1) is 32.0. The quantitative estimate of drug-likeness (QED) is 0.0262. The van der Waals surface area contributed by atoms with Crippen molar-refractivity contribution in [2.24, 2.45) is 0 Å². The zero-order valence-electron chi connectivity index (χ0n) is 48.2. The highest BCUT2D eigenvalue weighted by atomic mass is 127. The molecule has 416 valence electrons. The Morgan fingerprint density at radius 2 is 0.522 bits per heavy atom. The molecule has 0 saturated carbocycles. The summed E-state index contributed by atoms with van der Waals surface area (Å²) >= 11 is 0. The number of halogens is 2. The summed E-state index contributed by atoms with van der Waals surface area (Å²) < 4.78 is 24.8. The van der Waals surface area contributed by atoms with Crippen molar-refractivity contribution in [2.45, 2.75) is 303 Å². The van der Waals surface area contributed by atoms with Crippen LogP contribution in [0, 0.1) is 0 Å². The molecule has 0 fully saturated rings. The Bertz CT molecular complexity index is 1060. The van der Waals surface area contributed by atoms with Gasteiger partial charge in [0.25, 0.3) is 0 Å². The summed E-state index contributed by atoms with van der Waals surface area (Å²) in [6, 6.07) is -0.732. The lowest BCUT2D eigenvalue weighted by molar-refractivity contribution is -0.928. The Morgan fingerprint density at radius 3 is 0.696 bits per heavy atom. The highest BCUT2D eigenvalue weighted by Crippen LogP contribution is 2.24. The van der Waals surface area contributed by atoms with Crippen LogP contribution in [-0.4, -0.2) is 112 Å². The molecule has 2 unspecified atom stereocenters. The van der Waals surface area contributed by atoms with Crippen LogP contribution >= 0.6 is 0 Å². The van der Waals surface area contributed by atoms with Gasteiger partial charge in [-0.2, -0.15) is 0 Å². The van der Waals surface area contributed by atoms with Crippen LogP contribution in [-0.2, 0) is 28.5 Å². The molecular weight excluding hydrogens is 1090 g/mol. The molecule has 0 N–H and O–H groups in total. The number of ether oxygens (including phenoxy) is 4. The number of carbonyl (C=O) groups excluding carboxylic acids is 2. The molecule has 0 aliphatic carbocycles. The van der Waals surface area contributed by atoms with Crippen molar-refractivity contribution < 1.29 is 85.5 Å². The summed E-state index contributed by atoms with van der Waals surface area (Å²) in [7, 11) is 7.55. The van der Waals surface area contributed by atoms with E-state index in [0.29, 0.717) is 22.2 Å². The molecule has 0 spiro atoms. The predicted octanol–water partition coefficient (Wildman–Crippen LogP) is 10.3. The van der Waals surface area contributed by atoms with E-state index in [1.54, 1.807) is 0 Å². The van der Waals surface area contributed by atoms with Gasteiger partial charge in [-0.05, 0) is 86.5 Å². The number of unbranched alkanes of at least 4 members (excludes halogenated alkanes) is 32. The van der Waals surface area contributed by atoms with Crippen molar-refractivity contribution in [3.05, 3.63) is 0 Å². The van der Waals surface area contributed by atoms with Gasteiger partial charge in [-0.15, -0.1) is 0 Å². The van der Waals surface area contributed by atoms with Crippen molar-refractivity contribution in [1.29, 1.82) is 0 Å². The summed E-state index contributed by atoms with van der Waals surface area (Å²) in [5, 5.41) is 0. The maximum absolute atomic E-state index is 13.5. The molecule has 0 saturated heterocycles. The van der Waals surface area contributed by atoms with E-state index >= 15 is 0 Å². The Morgan fingerprint density at radius 1 is 0.348 bits per heavy atom. The molecule has 4 atom stereocenters. The third-order valence-electron chi connectivity index (χ3n) is 14.7. The Balaban J connectivity index is -0.0000218. The fourth-order valence-corrected chi connectivity index (χ4v) is 9.95. The number of quaternary nitrogens is 2. The van der Waals surface area contributed by atoms with E-state index in [0.717, 1.165) is 58.3 Å². The minimum atomic E-state index is -0.366. The predicted molar refractivity (Wildman–Crippen MR) is 288 cm³/mol. The van der Waals surface area contributed by atoms with Gasteiger partial charge in [0.1, 0.15) is 13.2 Å². The topological polar surface area (TPSA) is 71.1 Å². The van der Waals surface area contributed by atoms with Crippen LogP contribution < -0.4 is 48.0 Å². The van der Waals surface area contributed by atoms with Crippen LogP contribution in [0.5, 0.6) is 0 Å². The number of hydrogen-bond acceptors (Lipinski definition) is 6. The normalized spacial score (nSPS) is 14.6. The number of carbonyl (C=O) groups is 2. The number of esters is 2. The van der Waals surface area contributed by atoms with E-state index in [1.807, 2.05) is 0 Å². The van der Waals surface area contributed by atoms with E-state index in [4.69, 9.17) is 18.9 Å². The maximum atomic E-state index is 13.5. The lowest BCUT2D eigenvalue weighted by Gasteiger charge is -2.42. The molecule has 0 aromatic heterocycles. The van der Waals surface area contributed by atoms with Gasteiger partial charge in [-0.25, -0.2) is 9.59 Å². The first kappa shape index (κ1) is 73.5. The smallest absolute Gasteiger partial charge is 0.367 e. The number of rotatable bonds is 48. The van der Waals surface area contributed by atoms with Gasteiger partial charge in [0.2, 0.25) is 12.1 Å². The fourth-order valence-electron chi connectivity index (χ4n) is 9.95. The second kappa shape index (κ2) is 46.7. The highest BCUT2D eigenvalue weighted by molar-refractivity contribution is 5.75. The highest BCUT2D eigenvalue weighted by Gasteiger charge is 2.41. The van der Waals surface area contributed by atoms with Crippen LogP contribution in [0.1, 0.15) is 280 Å². The van der Waals surface area contributed by atoms with Gasteiger partial charge in [-0.1, -0.05) is 194 Å². The second-order valence-corrected chi connectivity index (χ2v) is 23.4. The molecule has 0 aliphatic heterocycles. The zero-order chi connectivity index (χ0) is 50.1. The molecule has 0 bridgehead atoms. The summed E-state index contributed by atoms with van der Waals surface area (Å²) in [5.41, 5.74) is -0.681. The molecule has 10 heteroatoms. The average molecular weight is 1210 g/mol. The second-order valence-electron chi connectivity index (χ2n) is 23.4. The van der Waals surface area contributed by atoms with Crippen molar-refractivity contribution in [1.82, 2.24) is 0 Å². The number of methoxy groups -OCH3 is 2. The van der Waals surface area contributed by atoms with Crippen LogP contribution in [0.4, 0.5) is 0 Å². The lowest BCUT2D eigenvalue weighted by Crippen LogP contribution is -3.00. The van der Waals surface area contributed by atoms with Gasteiger partial charge >= 0.3 is 11.9 Å². The van der Waals surface area contributed by atoms with E-state index < -0.39 is 0 Å². The number of nitrogens with zero attached hydrogens (tertiary/aromatic N) is 2. The third-order valence-corrected chi connectivity index (χ3v) is 14.7. The fraction of sp³-hybridized carbons (Fsp3) is 0.966. The zero-order valence-corrected chi connectivity index (χ0v) is 52.6. The molecule has 0 rings (SSSR count). The number of likely N-dealkylation sites (N-methyl/N-ethyl adjacent to an activating group) is 2. The van der Waals surface area contributed by atoms with Crippen LogP contribution in [0.2, 0.25) is 0 Å². The first-order valence-corrected chi connectivity index (χ1v) is 29.1. The Kier molecular flexibility index (Phi) is 49.8. The Labute approximate surface area is 465 Å². The van der Waals surface area contributed by atoms with Crippen molar-refractivity contribution in [3.8, 4) is 0 Å². The molecule has 8 nitrogen and oxygen atoms in total. The van der Waals surface area contributed by atoms with Gasteiger partial charge in [0.05, 0.1) is 65.7 Å². The molecule has 0 aromatic carbocycles. The van der Waals surface area contributed by atoms with Gasteiger partial charge < -0.3 is 75.9 Å². The van der Waals surface area contributed by atoms with E-state index in [-0.39, 0.29) is 83.2 Å². The minimum Gasteiger partial charge on any atom is -1.00 e. The maximum Gasteiger partial charge on any atom is 0.367 e. The largest absolute Gasteiger partial charge is 1.00 e. The van der Waals surface area contributed by atoms with Crippen molar-refractivity contribution in [2.75, 3.05) is 67.7 Å². The van der Waals surface area contributed by atoms with Crippen LogP contribution in [0.25, 0.3) is 0 Å². The van der Waals surface area contributed by atoms with Gasteiger partial charge in [0, 0.05) is 0 Å². The van der Waals surface area contributed by atoms with Crippen LogP contribution in [0.3, 0.4) is 0 Å². The molecule has 0 aromatic rings. The van der Waals surface area contributed by atoms with Gasteiger partial charge in [0.15, 0.2) is 0 Å². The minimum absolute atomic E-state index is 0. The molecule has 0 radical (unpaired) electrons. The molecule has 69 heavy (non-hydrogen) atoms. The monoisotopic (exact) mass is 1210 g/mol. The van der Waals surface area contributed by atoms with Crippen LogP contribution in [0.15, 0.2) is 0 Å². The molecule has 0 amide bonds. The lowest BCUT2D eigenvalue weighted by atomic mass is 10.0. The summed E-state index contributed by atoms with van der Waals surface area (Å²) in [4.78, 5) is 27.0. The third kappa shape index (κ3) is 42.2. The molecule has 0 aliphatic rings. The average Bonchev–Trinajstić information content (AvgIpc) is 3.27. The van der Waals surface area contributed by atoms with E-state index in [1.165, 1.54) is 207 Å². The van der Waals surface area contributed by atoms with Crippen molar-refractivity contribution in [3.63, 3.8) is 0 Å². The Hall–Kier alpha value is 0.240. The summed E-state index contributed by atoms with van der Waals surface area (Å²) in [6.07, 6.45) is 46.2. The molecular formula is C59H120I2N2O6. The summed E-state index contributed by atoms with van der Waals surface area (Å²) in [5.74, 6) is -0.350. The number of hydrogen-bond donors (Lipinski definition) is 0. The standard InChI is InChI=1S/C59H120N2O6.2HI/c1-13-15-17-19-21-23-25-27-29-31-33-35-37-39-41-44-48-60(9,54(56(62)64-11)52-66-58(3,4)5)50-46-43-47-51-61(10,55(57(63)65-12)53-67-59(6,7)8)49-45-42-40-38-36-34-32-30-28-26-24-22-20-18-16-14-2;;/h54-55H,13-53H2,1-12H3;2*1H/q+2;;/p-2/t54-,55-,60?,61?;;/m0../s1. The molecule has 0 heterocycles. The van der Waals surface area contributed by atoms with Crippen molar-refractivity contribution >= 4 is 11.9 Å². The summed E-state index contributed by atoms with van der Waals surface area (Å²) in [6.45, 7) is 21.3. The van der Waals surface area contributed by atoms with E-state index in [9.17, 15) is 9.59 Å². The van der Waals surface area contributed by atoms with Gasteiger partial charge in [-0.3, -0.25) is 0 Å². The van der Waals surface area contributed by atoms with E-state index in [2.05, 4.69) is 69.5 Å².